The summed E-state index contributed by atoms with van der Waals surface area (Å²) in [6, 6.07) is 14.5. The van der Waals surface area contributed by atoms with Crippen LogP contribution >= 0.6 is 27.5 Å². The van der Waals surface area contributed by atoms with Crippen LogP contribution in [0.25, 0.3) is 0 Å². The van der Waals surface area contributed by atoms with Crippen molar-refractivity contribution < 1.29 is 14.3 Å². The Morgan fingerprint density at radius 3 is 2.62 bits per heavy atom. The predicted octanol–water partition coefficient (Wildman–Crippen LogP) is 4.69. The fourth-order valence-corrected chi connectivity index (χ4v) is 3.87. The Morgan fingerprint density at radius 2 is 2.03 bits per heavy atom. The molecule has 148 valence electrons. The van der Waals surface area contributed by atoms with Gasteiger partial charge in [0, 0.05) is 10.4 Å². The SMILES string of the molecule is CCOC(=O)C1=C(CBr)N(c2cccc(Cl)c2)C(=O)NC1c1ccc(C#N)cc1. The molecule has 0 fully saturated rings. The van der Waals surface area contributed by atoms with E-state index in [0.717, 1.165) is 0 Å². The lowest BCUT2D eigenvalue weighted by Crippen LogP contribution is -2.49. The van der Waals surface area contributed by atoms with E-state index in [2.05, 4.69) is 27.3 Å². The first-order valence-electron chi connectivity index (χ1n) is 8.82. The molecule has 0 aromatic heterocycles. The molecule has 0 saturated heterocycles. The van der Waals surface area contributed by atoms with E-state index in [1.807, 2.05) is 0 Å². The van der Waals surface area contributed by atoms with E-state index in [4.69, 9.17) is 21.6 Å². The van der Waals surface area contributed by atoms with E-state index in [-0.39, 0.29) is 11.9 Å². The average Bonchev–Trinajstić information content (AvgIpc) is 2.73. The molecule has 2 aromatic rings. The highest BCUT2D eigenvalue weighted by Gasteiger charge is 2.38. The first-order valence-corrected chi connectivity index (χ1v) is 10.3. The Hall–Kier alpha value is -2.82. The van der Waals surface area contributed by atoms with Gasteiger partial charge in [-0.25, -0.2) is 9.59 Å². The Morgan fingerprint density at radius 1 is 1.31 bits per heavy atom. The van der Waals surface area contributed by atoms with Crippen molar-refractivity contribution in [2.75, 3.05) is 16.8 Å². The Labute approximate surface area is 181 Å². The zero-order valence-corrected chi connectivity index (χ0v) is 17.8. The molecule has 0 saturated carbocycles. The number of hydrogen-bond acceptors (Lipinski definition) is 4. The molecule has 1 unspecified atom stereocenters. The van der Waals surface area contributed by atoms with Gasteiger partial charge < -0.3 is 10.1 Å². The molecule has 0 spiro atoms. The molecule has 0 bridgehead atoms. The number of ether oxygens (including phenoxy) is 1. The molecule has 3 rings (SSSR count). The third kappa shape index (κ3) is 4.29. The topological polar surface area (TPSA) is 82.4 Å². The average molecular weight is 475 g/mol. The number of nitrogens with zero attached hydrogens (tertiary/aromatic N) is 2. The molecule has 1 N–H and O–H groups in total. The van der Waals surface area contributed by atoms with Crippen LogP contribution in [0, 0.1) is 11.3 Å². The molecule has 29 heavy (non-hydrogen) atoms. The fourth-order valence-electron chi connectivity index (χ4n) is 3.13. The molecular formula is C21H17BrClN3O3. The number of rotatable bonds is 5. The van der Waals surface area contributed by atoms with Crippen molar-refractivity contribution in [1.29, 1.82) is 5.26 Å². The second kappa shape index (κ2) is 9.12. The van der Waals surface area contributed by atoms with Gasteiger partial charge in [-0.1, -0.05) is 45.7 Å². The van der Waals surface area contributed by atoms with E-state index < -0.39 is 18.0 Å². The number of urea groups is 1. The quantitative estimate of drug-likeness (QED) is 0.503. The number of nitrogens with one attached hydrogen (secondary N) is 1. The fraction of sp³-hybridized carbons (Fsp3) is 0.190. The van der Waals surface area contributed by atoms with Gasteiger partial charge in [0.1, 0.15) is 0 Å². The van der Waals surface area contributed by atoms with Crippen LogP contribution in [-0.2, 0) is 9.53 Å². The van der Waals surface area contributed by atoms with Crippen LogP contribution in [0.3, 0.4) is 0 Å². The zero-order valence-electron chi connectivity index (χ0n) is 15.5. The van der Waals surface area contributed by atoms with Gasteiger partial charge in [-0.15, -0.1) is 0 Å². The van der Waals surface area contributed by atoms with Gasteiger partial charge in [-0.05, 0) is 42.8 Å². The van der Waals surface area contributed by atoms with Crippen molar-refractivity contribution >= 4 is 45.2 Å². The smallest absolute Gasteiger partial charge is 0.338 e. The number of halogens is 2. The van der Waals surface area contributed by atoms with Crippen LogP contribution in [0.2, 0.25) is 5.02 Å². The molecule has 2 aromatic carbocycles. The van der Waals surface area contributed by atoms with Gasteiger partial charge in [0.05, 0.1) is 41.2 Å². The van der Waals surface area contributed by atoms with Crippen LogP contribution in [0.15, 0.2) is 59.8 Å². The highest BCUT2D eigenvalue weighted by molar-refractivity contribution is 9.09. The normalized spacial score (nSPS) is 16.3. The van der Waals surface area contributed by atoms with Gasteiger partial charge in [-0.2, -0.15) is 5.26 Å². The van der Waals surface area contributed by atoms with Crippen molar-refractivity contribution in [2.24, 2.45) is 0 Å². The van der Waals surface area contributed by atoms with E-state index in [1.54, 1.807) is 55.5 Å². The summed E-state index contributed by atoms with van der Waals surface area (Å²) in [5, 5.41) is 12.6. The number of allylic oxidation sites excluding steroid dienone is 1. The summed E-state index contributed by atoms with van der Waals surface area (Å²) < 4.78 is 5.28. The first-order chi connectivity index (χ1) is 14.0. The number of benzene rings is 2. The van der Waals surface area contributed by atoms with E-state index in [0.29, 0.717) is 33.1 Å². The zero-order chi connectivity index (χ0) is 21.0. The standard InChI is InChI=1S/C21H17BrClN3O3/c1-2-29-20(27)18-17(11-22)26(16-5-3-4-15(23)10-16)21(28)25-19(18)14-8-6-13(12-24)7-9-14/h3-10,19H,2,11H2,1H3,(H,25,28). The van der Waals surface area contributed by atoms with E-state index >= 15 is 0 Å². The summed E-state index contributed by atoms with van der Waals surface area (Å²) in [5.41, 5.74) is 2.46. The van der Waals surface area contributed by atoms with Crippen LogP contribution in [0.4, 0.5) is 10.5 Å². The monoisotopic (exact) mass is 473 g/mol. The Kier molecular flexibility index (Phi) is 6.57. The van der Waals surface area contributed by atoms with Crippen LogP contribution in [0.5, 0.6) is 0 Å². The highest BCUT2D eigenvalue weighted by Crippen LogP contribution is 2.35. The minimum absolute atomic E-state index is 0.198. The van der Waals surface area contributed by atoms with Crippen LogP contribution in [-0.4, -0.2) is 23.9 Å². The second-order valence-corrected chi connectivity index (χ2v) is 7.14. The van der Waals surface area contributed by atoms with E-state index in [1.165, 1.54) is 4.90 Å². The largest absolute Gasteiger partial charge is 0.463 e. The summed E-state index contributed by atoms with van der Waals surface area (Å²) in [6.07, 6.45) is 0. The van der Waals surface area contributed by atoms with Gasteiger partial charge in [0.15, 0.2) is 0 Å². The Balaban J connectivity index is 2.17. The van der Waals surface area contributed by atoms with Gasteiger partial charge in [0.2, 0.25) is 0 Å². The number of amides is 2. The lowest BCUT2D eigenvalue weighted by Gasteiger charge is -2.36. The predicted molar refractivity (Wildman–Crippen MR) is 114 cm³/mol. The molecule has 0 radical (unpaired) electrons. The molecule has 1 heterocycles. The molecule has 6 nitrogen and oxygen atoms in total. The van der Waals surface area contributed by atoms with Gasteiger partial charge in [-0.3, -0.25) is 4.90 Å². The minimum Gasteiger partial charge on any atom is -0.463 e. The maximum Gasteiger partial charge on any atom is 0.338 e. The van der Waals surface area contributed by atoms with Crippen LogP contribution < -0.4 is 10.2 Å². The molecule has 8 heteroatoms. The maximum atomic E-state index is 13.0. The maximum absolute atomic E-state index is 13.0. The van der Waals surface area contributed by atoms with Crippen LogP contribution in [0.1, 0.15) is 24.1 Å². The minimum atomic E-state index is -0.711. The summed E-state index contributed by atoms with van der Waals surface area (Å²) in [5.74, 6) is -0.525. The van der Waals surface area contributed by atoms with Crippen molar-refractivity contribution in [3.05, 3.63) is 76.0 Å². The first kappa shape index (κ1) is 20.9. The number of carbonyl (C=O) groups is 2. The van der Waals surface area contributed by atoms with Crippen molar-refractivity contribution in [3.8, 4) is 6.07 Å². The molecule has 1 aliphatic rings. The lowest BCUT2D eigenvalue weighted by molar-refractivity contribution is -0.139. The summed E-state index contributed by atoms with van der Waals surface area (Å²) >= 11 is 9.51. The van der Waals surface area contributed by atoms with Crippen molar-refractivity contribution in [2.45, 2.75) is 13.0 Å². The second-order valence-electron chi connectivity index (χ2n) is 6.15. The van der Waals surface area contributed by atoms with Crippen molar-refractivity contribution in [1.82, 2.24) is 5.32 Å². The number of esters is 1. The summed E-state index contributed by atoms with van der Waals surface area (Å²) in [6.45, 7) is 1.92. The third-order valence-corrected chi connectivity index (χ3v) is 5.17. The van der Waals surface area contributed by atoms with E-state index in [9.17, 15) is 9.59 Å². The number of carbonyl (C=O) groups excluding carboxylic acids is 2. The molecule has 2 amide bonds. The Bertz CT molecular complexity index is 1010. The van der Waals surface area contributed by atoms with Gasteiger partial charge in [0.25, 0.3) is 0 Å². The molecule has 1 atom stereocenters. The highest BCUT2D eigenvalue weighted by atomic mass is 79.9. The summed E-state index contributed by atoms with van der Waals surface area (Å²) in [7, 11) is 0. The number of nitriles is 1. The van der Waals surface area contributed by atoms with Crippen molar-refractivity contribution in [3.63, 3.8) is 0 Å². The molecule has 0 aliphatic carbocycles. The summed E-state index contributed by atoms with van der Waals surface area (Å²) in [4.78, 5) is 27.3. The molecule has 1 aliphatic heterocycles. The third-order valence-electron chi connectivity index (χ3n) is 4.40. The lowest BCUT2D eigenvalue weighted by atomic mass is 9.94. The van der Waals surface area contributed by atoms with Gasteiger partial charge >= 0.3 is 12.0 Å². The number of alkyl halides is 1. The number of hydrogen-bond donors (Lipinski definition) is 1. The number of anilines is 1. The molecular weight excluding hydrogens is 458 g/mol.